The number of methoxy groups -OCH3 is 1. The van der Waals surface area contributed by atoms with Gasteiger partial charge in [-0.1, -0.05) is 6.07 Å². The Hall–Kier alpha value is -3.15. The van der Waals surface area contributed by atoms with Gasteiger partial charge in [0.25, 0.3) is 0 Å². The Morgan fingerprint density at radius 2 is 1.92 bits per heavy atom. The summed E-state index contributed by atoms with van der Waals surface area (Å²) in [5.41, 5.74) is 4.09. The second kappa shape index (κ2) is 7.00. The second-order valence-electron chi connectivity index (χ2n) is 6.16. The Bertz CT molecular complexity index is 1010. The zero-order chi connectivity index (χ0) is 18.8. The Labute approximate surface area is 150 Å². The molecule has 0 aliphatic carbocycles. The summed E-state index contributed by atoms with van der Waals surface area (Å²) in [4.78, 5) is 27.4. The lowest BCUT2D eigenvalue weighted by atomic mass is 10.1. The third-order valence-electron chi connectivity index (χ3n) is 4.35. The monoisotopic (exact) mass is 354 g/mol. The van der Waals surface area contributed by atoms with Gasteiger partial charge in [-0.2, -0.15) is 0 Å². The van der Waals surface area contributed by atoms with Gasteiger partial charge in [0, 0.05) is 22.3 Å². The van der Waals surface area contributed by atoms with Crippen LogP contribution < -0.4 is 5.32 Å². The molecule has 2 N–H and O–H groups in total. The van der Waals surface area contributed by atoms with Crippen molar-refractivity contribution in [1.82, 2.24) is 4.98 Å². The van der Waals surface area contributed by atoms with Gasteiger partial charge in [-0.25, -0.2) is 9.18 Å². The van der Waals surface area contributed by atoms with Crippen LogP contribution in [0.1, 0.15) is 27.2 Å². The molecule has 0 saturated heterocycles. The van der Waals surface area contributed by atoms with Crippen LogP contribution in [0.5, 0.6) is 0 Å². The van der Waals surface area contributed by atoms with E-state index in [-0.39, 0.29) is 18.1 Å². The largest absolute Gasteiger partial charge is 0.465 e. The van der Waals surface area contributed by atoms with E-state index in [1.165, 1.54) is 19.2 Å². The van der Waals surface area contributed by atoms with Crippen LogP contribution in [0, 0.1) is 19.7 Å². The van der Waals surface area contributed by atoms with Crippen molar-refractivity contribution < 1.29 is 18.7 Å². The van der Waals surface area contributed by atoms with Gasteiger partial charge >= 0.3 is 5.97 Å². The third kappa shape index (κ3) is 3.44. The standard InChI is InChI=1S/C20H19FN2O3/c1-11-4-5-13(20(25)26-3)8-18(11)23-19(24)10-15-12(2)22-17-7-6-14(21)9-16(15)17/h4-9,22H,10H2,1-3H3,(H,23,24). The molecule has 26 heavy (non-hydrogen) atoms. The maximum Gasteiger partial charge on any atom is 0.337 e. The number of carbonyl (C=O) groups is 2. The molecular formula is C20H19FN2O3. The number of esters is 1. The van der Waals surface area contributed by atoms with Crippen molar-refractivity contribution in [3.05, 3.63) is 64.6 Å². The number of aromatic nitrogens is 1. The molecule has 0 fully saturated rings. The zero-order valence-electron chi connectivity index (χ0n) is 14.8. The Balaban J connectivity index is 1.85. The van der Waals surface area contributed by atoms with Gasteiger partial charge in [-0.3, -0.25) is 4.79 Å². The lowest BCUT2D eigenvalue weighted by Gasteiger charge is -2.10. The van der Waals surface area contributed by atoms with E-state index in [2.05, 4.69) is 10.3 Å². The summed E-state index contributed by atoms with van der Waals surface area (Å²) < 4.78 is 18.3. The molecule has 3 aromatic rings. The molecule has 6 heteroatoms. The van der Waals surface area contributed by atoms with Crippen LogP contribution in [-0.4, -0.2) is 24.0 Å². The van der Waals surface area contributed by atoms with Crippen molar-refractivity contribution in [2.45, 2.75) is 20.3 Å². The van der Waals surface area contributed by atoms with Crippen LogP contribution >= 0.6 is 0 Å². The summed E-state index contributed by atoms with van der Waals surface area (Å²) in [5.74, 6) is -1.06. The predicted octanol–water partition coefficient (Wildman–Crippen LogP) is 3.89. The first-order valence-electron chi connectivity index (χ1n) is 8.14. The molecule has 0 aliphatic rings. The number of carbonyl (C=O) groups excluding carboxylic acids is 2. The molecule has 2 aromatic carbocycles. The average molecular weight is 354 g/mol. The number of hydrogen-bond donors (Lipinski definition) is 2. The highest BCUT2D eigenvalue weighted by Gasteiger charge is 2.15. The molecule has 0 unspecified atom stereocenters. The fraction of sp³-hybridized carbons (Fsp3) is 0.200. The maximum atomic E-state index is 13.6. The molecule has 1 aromatic heterocycles. The maximum absolute atomic E-state index is 13.6. The molecule has 3 rings (SSSR count). The number of aryl methyl sites for hydroxylation is 2. The number of fused-ring (bicyclic) bond motifs is 1. The summed E-state index contributed by atoms with van der Waals surface area (Å²) in [6, 6.07) is 9.43. The Morgan fingerprint density at radius 1 is 1.15 bits per heavy atom. The topological polar surface area (TPSA) is 71.2 Å². The van der Waals surface area contributed by atoms with Crippen molar-refractivity contribution >= 4 is 28.5 Å². The smallest absolute Gasteiger partial charge is 0.337 e. The summed E-state index contributed by atoms with van der Waals surface area (Å²) in [6.07, 6.45) is 0.0944. The van der Waals surface area contributed by atoms with E-state index in [0.29, 0.717) is 16.6 Å². The van der Waals surface area contributed by atoms with E-state index < -0.39 is 5.97 Å². The highest BCUT2D eigenvalue weighted by molar-refractivity contribution is 5.98. The number of H-pyrrole nitrogens is 1. The van der Waals surface area contributed by atoms with Gasteiger partial charge < -0.3 is 15.0 Å². The van der Waals surface area contributed by atoms with Crippen LogP contribution in [0.3, 0.4) is 0 Å². The number of amides is 1. The first kappa shape index (κ1) is 17.7. The third-order valence-corrected chi connectivity index (χ3v) is 4.35. The van der Waals surface area contributed by atoms with Crippen molar-refractivity contribution in [2.75, 3.05) is 12.4 Å². The Morgan fingerprint density at radius 3 is 2.65 bits per heavy atom. The van der Waals surface area contributed by atoms with E-state index in [9.17, 15) is 14.0 Å². The molecule has 0 radical (unpaired) electrons. The summed E-state index contributed by atoms with van der Waals surface area (Å²) in [6.45, 7) is 3.69. The number of anilines is 1. The van der Waals surface area contributed by atoms with E-state index >= 15 is 0 Å². The van der Waals surface area contributed by atoms with Crippen LogP contribution in [-0.2, 0) is 16.0 Å². The SMILES string of the molecule is COC(=O)c1ccc(C)c(NC(=O)Cc2c(C)[nH]c3ccc(F)cc23)c1. The van der Waals surface area contributed by atoms with Gasteiger partial charge in [-0.05, 0) is 55.3 Å². The van der Waals surface area contributed by atoms with Gasteiger partial charge in [0.15, 0.2) is 0 Å². The number of halogens is 1. The first-order chi connectivity index (χ1) is 12.4. The fourth-order valence-electron chi connectivity index (χ4n) is 2.94. The van der Waals surface area contributed by atoms with E-state index in [4.69, 9.17) is 4.74 Å². The quantitative estimate of drug-likeness (QED) is 0.698. The summed E-state index contributed by atoms with van der Waals surface area (Å²) in [5, 5.41) is 3.51. The molecule has 1 amide bonds. The molecule has 0 atom stereocenters. The highest BCUT2D eigenvalue weighted by atomic mass is 19.1. The van der Waals surface area contributed by atoms with E-state index in [1.54, 1.807) is 24.3 Å². The zero-order valence-corrected chi connectivity index (χ0v) is 14.8. The fourth-order valence-corrected chi connectivity index (χ4v) is 2.94. The van der Waals surface area contributed by atoms with Gasteiger partial charge in [0.1, 0.15) is 5.82 Å². The number of nitrogens with one attached hydrogen (secondary N) is 2. The minimum Gasteiger partial charge on any atom is -0.465 e. The van der Waals surface area contributed by atoms with Crippen LogP contribution in [0.4, 0.5) is 10.1 Å². The van der Waals surface area contributed by atoms with Gasteiger partial charge in [-0.15, -0.1) is 0 Å². The normalized spacial score (nSPS) is 10.8. The number of benzene rings is 2. The molecule has 0 saturated carbocycles. The van der Waals surface area contributed by atoms with Crippen LogP contribution in [0.2, 0.25) is 0 Å². The van der Waals surface area contributed by atoms with Crippen molar-refractivity contribution in [3.8, 4) is 0 Å². The van der Waals surface area contributed by atoms with E-state index in [1.807, 2.05) is 13.8 Å². The van der Waals surface area contributed by atoms with Crippen molar-refractivity contribution in [1.29, 1.82) is 0 Å². The second-order valence-corrected chi connectivity index (χ2v) is 6.16. The number of rotatable bonds is 4. The number of hydrogen-bond acceptors (Lipinski definition) is 3. The van der Waals surface area contributed by atoms with Crippen LogP contribution in [0.15, 0.2) is 36.4 Å². The van der Waals surface area contributed by atoms with Crippen LogP contribution in [0.25, 0.3) is 10.9 Å². The first-order valence-corrected chi connectivity index (χ1v) is 8.14. The van der Waals surface area contributed by atoms with E-state index in [0.717, 1.165) is 22.3 Å². The minimum atomic E-state index is -0.469. The Kier molecular flexibility index (Phi) is 4.75. The van der Waals surface area contributed by atoms with Gasteiger partial charge in [0.05, 0.1) is 19.1 Å². The molecule has 0 aliphatic heterocycles. The predicted molar refractivity (Wildman–Crippen MR) is 97.8 cm³/mol. The highest BCUT2D eigenvalue weighted by Crippen LogP contribution is 2.24. The average Bonchev–Trinajstić information content (AvgIpc) is 2.91. The lowest BCUT2D eigenvalue weighted by Crippen LogP contribution is -2.16. The summed E-state index contributed by atoms with van der Waals surface area (Å²) in [7, 11) is 1.30. The van der Waals surface area contributed by atoms with Gasteiger partial charge in [0.2, 0.25) is 5.91 Å². The lowest BCUT2D eigenvalue weighted by molar-refractivity contribution is -0.115. The van der Waals surface area contributed by atoms with Crippen molar-refractivity contribution in [3.63, 3.8) is 0 Å². The number of ether oxygens (including phenoxy) is 1. The molecule has 5 nitrogen and oxygen atoms in total. The molecule has 134 valence electrons. The molecule has 1 heterocycles. The molecular weight excluding hydrogens is 335 g/mol. The molecule has 0 spiro atoms. The number of aromatic amines is 1. The van der Waals surface area contributed by atoms with Crippen molar-refractivity contribution in [2.24, 2.45) is 0 Å². The minimum absolute atomic E-state index is 0.0944. The summed E-state index contributed by atoms with van der Waals surface area (Å²) >= 11 is 0. The molecule has 0 bridgehead atoms.